The Bertz CT molecular complexity index is 2170. The van der Waals surface area contributed by atoms with Crippen LogP contribution in [-0.4, -0.2) is 14.7 Å². The van der Waals surface area contributed by atoms with Crippen LogP contribution in [0.5, 0.6) is 5.75 Å². The summed E-state index contributed by atoms with van der Waals surface area (Å²) in [4.78, 5) is 5.12. The van der Waals surface area contributed by atoms with E-state index in [4.69, 9.17) is 10.3 Å². The monoisotopic (exact) mass is 824 g/mol. The fraction of sp³-hybridized carbons (Fsp3) is 0.222. The Morgan fingerprint density at radius 1 is 0.640 bits per heavy atom. The summed E-state index contributed by atoms with van der Waals surface area (Å²) in [5.74, 6) is 1.01. The maximum Gasteiger partial charge on any atom is 0.147 e. The zero-order chi connectivity index (χ0) is 34.7. The number of benzene rings is 5. The average molecular weight is 823 g/mol. The number of aryl methyl sites for hydroxylation is 1. The smallest absolute Gasteiger partial charge is 0.147 e. The molecule has 4 nitrogen and oxygen atoms in total. The van der Waals surface area contributed by atoms with Gasteiger partial charge < -0.3 is 15.0 Å². The van der Waals surface area contributed by atoms with Crippen LogP contribution in [0.25, 0.3) is 55.2 Å². The van der Waals surface area contributed by atoms with Crippen LogP contribution in [0, 0.1) is 6.92 Å². The van der Waals surface area contributed by atoms with Crippen molar-refractivity contribution in [1.29, 1.82) is 0 Å². The van der Waals surface area contributed by atoms with E-state index in [9.17, 15) is 5.11 Å². The van der Waals surface area contributed by atoms with E-state index in [2.05, 4.69) is 136 Å². The molecule has 0 radical (unpaired) electrons. The molecule has 252 valence electrons. The minimum absolute atomic E-state index is 0. The third-order valence-electron chi connectivity index (χ3n) is 9.10. The number of nitrogens with zero attached hydrogens (tertiary/aromatic N) is 3. The van der Waals surface area contributed by atoms with Crippen molar-refractivity contribution >= 4 is 27.5 Å². The molecule has 0 bridgehead atoms. The van der Waals surface area contributed by atoms with Gasteiger partial charge in [-0.05, 0) is 66.3 Å². The SMILES string of the molecule is CC.Cc1cc(-c2ccccc2-c2cccc(C[N-]c3c(C(C)C)cccc3C(C)C)n2)c(O)c(-n2c3ccccc3c3ccccc32)c1.[Hf]. The number of phenolic OH excluding ortho intramolecular Hbond substituents is 1. The fourth-order valence-corrected chi connectivity index (χ4v) is 6.83. The number of rotatable bonds is 8. The van der Waals surface area contributed by atoms with Gasteiger partial charge in [0.05, 0.1) is 22.4 Å². The Labute approximate surface area is 316 Å². The summed E-state index contributed by atoms with van der Waals surface area (Å²) in [5, 5.41) is 19.5. The number of aromatic hydroxyl groups is 1. The summed E-state index contributed by atoms with van der Waals surface area (Å²) < 4.78 is 2.18. The summed E-state index contributed by atoms with van der Waals surface area (Å²) in [6.07, 6.45) is 0. The molecule has 50 heavy (non-hydrogen) atoms. The van der Waals surface area contributed by atoms with E-state index in [0.29, 0.717) is 18.4 Å². The van der Waals surface area contributed by atoms with Crippen LogP contribution in [-0.2, 0) is 32.4 Å². The normalized spacial score (nSPS) is 11.1. The molecule has 7 rings (SSSR count). The predicted octanol–water partition coefficient (Wildman–Crippen LogP) is 13.0. The molecular formula is C45H46HfN3O-. The van der Waals surface area contributed by atoms with E-state index in [1.54, 1.807) is 0 Å². The third kappa shape index (κ3) is 7.07. The molecule has 5 aromatic carbocycles. The number of fused-ring (bicyclic) bond motifs is 3. The van der Waals surface area contributed by atoms with Crippen molar-refractivity contribution < 1.29 is 30.9 Å². The van der Waals surface area contributed by atoms with Crippen molar-refractivity contribution in [3.8, 4) is 33.8 Å². The zero-order valence-electron chi connectivity index (χ0n) is 30.2. The second kappa shape index (κ2) is 16.0. The molecule has 0 saturated carbocycles. The largest absolute Gasteiger partial charge is 0.679 e. The van der Waals surface area contributed by atoms with Crippen molar-refractivity contribution in [2.45, 2.75) is 66.8 Å². The van der Waals surface area contributed by atoms with Crippen LogP contribution in [0.4, 0.5) is 5.69 Å². The van der Waals surface area contributed by atoms with Gasteiger partial charge in [-0.15, -0.1) is 5.69 Å². The molecule has 7 aromatic rings. The van der Waals surface area contributed by atoms with Crippen LogP contribution in [0.3, 0.4) is 0 Å². The second-order valence-corrected chi connectivity index (χ2v) is 13.0. The van der Waals surface area contributed by atoms with Crippen LogP contribution >= 0.6 is 0 Å². The molecule has 0 amide bonds. The Morgan fingerprint density at radius 3 is 1.78 bits per heavy atom. The molecule has 0 atom stereocenters. The van der Waals surface area contributed by atoms with Gasteiger partial charge in [0.1, 0.15) is 5.75 Å². The molecule has 0 aliphatic heterocycles. The average Bonchev–Trinajstić information content (AvgIpc) is 3.46. The van der Waals surface area contributed by atoms with E-state index in [1.807, 2.05) is 38.1 Å². The van der Waals surface area contributed by atoms with E-state index >= 15 is 0 Å². The molecule has 0 unspecified atom stereocenters. The summed E-state index contributed by atoms with van der Waals surface area (Å²) in [6.45, 7) is 15.5. The Balaban J connectivity index is 0.00000159. The standard InChI is InChI=1S/C43H40N3O.C2H6.Hf/c1-27(2)31-19-13-20-32(28(3)4)42(31)44-26-30-14-12-21-38(45-30)34-16-7-6-15-33(34)37-24-29(5)25-41(43(37)47)46-39-22-10-8-17-35(39)36-18-9-11-23-40(36)46;1-2;/h6-25,27-28H,26H2,1-5H3,(H,45,47);1-2H3;/q-1;;. The second-order valence-electron chi connectivity index (χ2n) is 13.0. The molecule has 0 aliphatic carbocycles. The van der Waals surface area contributed by atoms with Crippen LogP contribution < -0.4 is 0 Å². The first-order chi connectivity index (χ1) is 23.8. The van der Waals surface area contributed by atoms with Gasteiger partial charge in [0, 0.05) is 53.4 Å². The molecule has 2 heterocycles. The van der Waals surface area contributed by atoms with Crippen molar-refractivity contribution in [2.75, 3.05) is 0 Å². The van der Waals surface area contributed by atoms with Crippen molar-refractivity contribution in [3.05, 3.63) is 149 Å². The van der Waals surface area contributed by atoms with Gasteiger partial charge >= 0.3 is 0 Å². The van der Waals surface area contributed by atoms with E-state index in [1.165, 1.54) is 11.1 Å². The Morgan fingerprint density at radius 2 is 1.18 bits per heavy atom. The van der Waals surface area contributed by atoms with Crippen molar-refractivity contribution in [2.24, 2.45) is 0 Å². The number of phenols is 1. The quantitative estimate of drug-likeness (QED) is 0.155. The summed E-state index contributed by atoms with van der Waals surface area (Å²) in [7, 11) is 0. The first kappa shape index (κ1) is 36.8. The molecule has 5 heteroatoms. The topological polar surface area (TPSA) is 52.1 Å². The van der Waals surface area contributed by atoms with Gasteiger partial charge in [0.15, 0.2) is 0 Å². The maximum atomic E-state index is 12.1. The van der Waals surface area contributed by atoms with Crippen LogP contribution in [0.15, 0.2) is 121 Å². The van der Waals surface area contributed by atoms with Gasteiger partial charge in [-0.25, -0.2) is 0 Å². The van der Waals surface area contributed by atoms with E-state index in [0.717, 1.165) is 66.8 Å². The molecule has 0 spiro atoms. The van der Waals surface area contributed by atoms with E-state index < -0.39 is 0 Å². The van der Waals surface area contributed by atoms with Crippen LogP contribution in [0.1, 0.15) is 75.8 Å². The van der Waals surface area contributed by atoms with Crippen molar-refractivity contribution in [1.82, 2.24) is 9.55 Å². The number of para-hydroxylation sites is 3. The van der Waals surface area contributed by atoms with Gasteiger partial charge in [0.2, 0.25) is 0 Å². The predicted molar refractivity (Wildman–Crippen MR) is 209 cm³/mol. The molecule has 2 aromatic heterocycles. The Hall–Kier alpha value is -4.48. The van der Waals surface area contributed by atoms with Crippen LogP contribution in [0.2, 0.25) is 0 Å². The first-order valence-corrected chi connectivity index (χ1v) is 17.5. The summed E-state index contributed by atoms with van der Waals surface area (Å²) >= 11 is 0. The van der Waals surface area contributed by atoms with Crippen molar-refractivity contribution in [3.63, 3.8) is 0 Å². The Kier molecular flexibility index (Phi) is 11.8. The summed E-state index contributed by atoms with van der Waals surface area (Å²) in [6, 6.07) is 41.8. The minimum atomic E-state index is 0. The summed E-state index contributed by atoms with van der Waals surface area (Å²) in [5.41, 5.74) is 12.0. The van der Waals surface area contributed by atoms with E-state index in [-0.39, 0.29) is 31.6 Å². The number of hydrogen-bond donors (Lipinski definition) is 1. The molecule has 1 N–H and O–H groups in total. The van der Waals surface area contributed by atoms with Gasteiger partial charge in [0.25, 0.3) is 0 Å². The maximum absolute atomic E-state index is 12.1. The number of hydrogen-bond acceptors (Lipinski definition) is 2. The number of aromatic nitrogens is 2. The zero-order valence-corrected chi connectivity index (χ0v) is 33.8. The van der Waals surface area contributed by atoms with Gasteiger partial charge in [-0.1, -0.05) is 144 Å². The third-order valence-corrected chi connectivity index (χ3v) is 9.10. The molecule has 0 aliphatic rings. The van der Waals surface area contributed by atoms with Gasteiger partial charge in [-0.2, -0.15) is 0 Å². The molecule has 0 saturated heterocycles. The molecule has 0 fully saturated rings. The minimum Gasteiger partial charge on any atom is -0.679 e. The van der Waals surface area contributed by atoms with Gasteiger partial charge in [-0.3, -0.25) is 4.98 Å². The fourth-order valence-electron chi connectivity index (χ4n) is 6.83. The molecular weight excluding hydrogens is 777 g/mol. The first-order valence-electron chi connectivity index (χ1n) is 17.5. The number of pyridine rings is 1.